The number of ether oxygens (including phenoxy) is 1. The van der Waals surface area contributed by atoms with Crippen molar-refractivity contribution in [2.75, 3.05) is 32.8 Å². The molecular formula is C20H26N2O3. The highest BCUT2D eigenvalue weighted by Gasteiger charge is 2.31. The Morgan fingerprint density at radius 1 is 1.04 bits per heavy atom. The molecule has 0 spiro atoms. The van der Waals surface area contributed by atoms with Gasteiger partial charge in [-0.1, -0.05) is 12.1 Å². The van der Waals surface area contributed by atoms with E-state index in [-0.39, 0.29) is 11.8 Å². The van der Waals surface area contributed by atoms with E-state index in [0.29, 0.717) is 25.4 Å². The van der Waals surface area contributed by atoms with Gasteiger partial charge in [-0.15, -0.1) is 0 Å². The number of piperidine rings is 1. The van der Waals surface area contributed by atoms with Gasteiger partial charge in [0.25, 0.3) is 0 Å². The van der Waals surface area contributed by atoms with Gasteiger partial charge in [0.05, 0.1) is 13.0 Å². The lowest BCUT2D eigenvalue weighted by Gasteiger charge is -2.33. The summed E-state index contributed by atoms with van der Waals surface area (Å²) in [6, 6.07) is 6.07. The Kier molecular flexibility index (Phi) is 4.64. The minimum absolute atomic E-state index is 0.110. The second kappa shape index (κ2) is 7.06. The van der Waals surface area contributed by atoms with Crippen LogP contribution in [0.3, 0.4) is 0 Å². The van der Waals surface area contributed by atoms with Crippen LogP contribution < -0.4 is 4.74 Å². The summed E-state index contributed by atoms with van der Waals surface area (Å²) in [5.74, 6) is 1.55. The third-order valence-corrected chi connectivity index (χ3v) is 5.72. The zero-order chi connectivity index (χ0) is 17.2. The Labute approximate surface area is 148 Å². The number of fused-ring (bicyclic) bond motifs is 1. The number of benzene rings is 1. The maximum absolute atomic E-state index is 12.6. The van der Waals surface area contributed by atoms with Crippen molar-refractivity contribution in [2.45, 2.75) is 38.5 Å². The van der Waals surface area contributed by atoms with E-state index in [1.54, 1.807) is 0 Å². The van der Waals surface area contributed by atoms with E-state index in [1.165, 1.54) is 5.56 Å². The van der Waals surface area contributed by atoms with Gasteiger partial charge >= 0.3 is 0 Å². The van der Waals surface area contributed by atoms with E-state index >= 15 is 0 Å². The van der Waals surface area contributed by atoms with Crippen LogP contribution in [0.15, 0.2) is 18.2 Å². The first kappa shape index (κ1) is 16.4. The maximum atomic E-state index is 12.6. The quantitative estimate of drug-likeness (QED) is 0.844. The SMILES string of the molecule is O=C(Cc1ccc2c(c1)CCO2)N1CCC(C(=O)N2CCCC2)CC1. The predicted molar refractivity (Wildman–Crippen MR) is 94.5 cm³/mol. The van der Waals surface area contributed by atoms with Crippen LogP contribution in [0.2, 0.25) is 0 Å². The molecule has 0 bridgehead atoms. The summed E-state index contributed by atoms with van der Waals surface area (Å²) in [7, 11) is 0. The highest BCUT2D eigenvalue weighted by Crippen LogP contribution is 2.27. The van der Waals surface area contributed by atoms with Crippen LogP contribution in [0.25, 0.3) is 0 Å². The molecule has 2 fully saturated rings. The fourth-order valence-corrected chi connectivity index (χ4v) is 4.21. The lowest BCUT2D eigenvalue weighted by atomic mass is 9.95. The third-order valence-electron chi connectivity index (χ3n) is 5.72. The van der Waals surface area contributed by atoms with Gasteiger partial charge in [0.15, 0.2) is 0 Å². The standard InChI is InChI=1S/C20H26N2O3/c23-19(14-15-3-4-18-17(13-15)7-12-25-18)21-10-5-16(6-11-21)20(24)22-8-1-2-9-22/h3-4,13,16H,1-2,5-12,14H2. The Bertz CT molecular complexity index is 659. The maximum Gasteiger partial charge on any atom is 0.226 e. The average molecular weight is 342 g/mol. The molecule has 4 rings (SSSR count). The van der Waals surface area contributed by atoms with Gasteiger partial charge in [0, 0.05) is 38.5 Å². The zero-order valence-electron chi connectivity index (χ0n) is 14.7. The Balaban J connectivity index is 1.30. The lowest BCUT2D eigenvalue weighted by molar-refractivity contribution is -0.139. The molecule has 0 radical (unpaired) electrons. The number of hydrogen-bond donors (Lipinski definition) is 0. The smallest absolute Gasteiger partial charge is 0.226 e. The van der Waals surface area contributed by atoms with Crippen LogP contribution >= 0.6 is 0 Å². The largest absolute Gasteiger partial charge is 0.493 e. The first-order valence-corrected chi connectivity index (χ1v) is 9.52. The summed E-state index contributed by atoms with van der Waals surface area (Å²) in [6.45, 7) is 3.99. The highest BCUT2D eigenvalue weighted by molar-refractivity contribution is 5.81. The van der Waals surface area contributed by atoms with Gasteiger partial charge in [-0.05, 0) is 42.9 Å². The molecule has 0 N–H and O–H groups in total. The number of likely N-dealkylation sites (tertiary alicyclic amines) is 2. The monoisotopic (exact) mass is 342 g/mol. The van der Waals surface area contributed by atoms with E-state index < -0.39 is 0 Å². The number of carbonyl (C=O) groups is 2. The molecule has 0 unspecified atom stereocenters. The third kappa shape index (κ3) is 3.51. The zero-order valence-corrected chi connectivity index (χ0v) is 14.7. The number of nitrogens with zero attached hydrogens (tertiary/aromatic N) is 2. The number of carbonyl (C=O) groups excluding carboxylic acids is 2. The summed E-state index contributed by atoms with van der Waals surface area (Å²) in [5, 5.41) is 0. The molecule has 0 atom stereocenters. The van der Waals surface area contributed by atoms with Gasteiger partial charge in [0.2, 0.25) is 11.8 Å². The van der Waals surface area contributed by atoms with E-state index in [2.05, 4.69) is 6.07 Å². The second-order valence-electron chi connectivity index (χ2n) is 7.40. The molecule has 3 aliphatic heterocycles. The van der Waals surface area contributed by atoms with Crippen molar-refractivity contribution in [3.8, 4) is 5.75 Å². The molecule has 25 heavy (non-hydrogen) atoms. The number of rotatable bonds is 3. The Morgan fingerprint density at radius 3 is 2.56 bits per heavy atom. The van der Waals surface area contributed by atoms with Gasteiger partial charge < -0.3 is 14.5 Å². The molecule has 1 aromatic rings. The molecule has 3 aliphatic rings. The van der Waals surface area contributed by atoms with Crippen molar-refractivity contribution in [2.24, 2.45) is 5.92 Å². The van der Waals surface area contributed by atoms with Gasteiger partial charge in [-0.25, -0.2) is 0 Å². The van der Waals surface area contributed by atoms with Crippen LogP contribution in [-0.2, 0) is 22.4 Å². The minimum atomic E-state index is 0.110. The summed E-state index contributed by atoms with van der Waals surface area (Å²) in [6.07, 6.45) is 5.25. The van der Waals surface area contributed by atoms with Crippen molar-refractivity contribution in [1.82, 2.24) is 9.80 Å². The molecule has 0 saturated carbocycles. The van der Waals surface area contributed by atoms with Gasteiger partial charge in [-0.2, -0.15) is 0 Å². The first-order valence-electron chi connectivity index (χ1n) is 9.52. The molecule has 2 saturated heterocycles. The van der Waals surface area contributed by atoms with Crippen molar-refractivity contribution >= 4 is 11.8 Å². The average Bonchev–Trinajstić information content (AvgIpc) is 3.32. The number of amides is 2. The van der Waals surface area contributed by atoms with E-state index in [0.717, 1.165) is 63.1 Å². The van der Waals surface area contributed by atoms with Crippen molar-refractivity contribution in [3.05, 3.63) is 29.3 Å². The first-order chi connectivity index (χ1) is 12.2. The fourth-order valence-electron chi connectivity index (χ4n) is 4.21. The van der Waals surface area contributed by atoms with E-state index in [4.69, 9.17) is 4.74 Å². The Morgan fingerprint density at radius 2 is 1.80 bits per heavy atom. The molecule has 5 nitrogen and oxygen atoms in total. The normalized spacial score (nSPS) is 20.5. The van der Waals surface area contributed by atoms with Gasteiger partial charge in [-0.3, -0.25) is 9.59 Å². The van der Waals surface area contributed by atoms with Crippen molar-refractivity contribution in [1.29, 1.82) is 0 Å². The van der Waals surface area contributed by atoms with Crippen molar-refractivity contribution < 1.29 is 14.3 Å². The van der Waals surface area contributed by atoms with Crippen molar-refractivity contribution in [3.63, 3.8) is 0 Å². The molecular weight excluding hydrogens is 316 g/mol. The predicted octanol–water partition coefficient (Wildman–Crippen LogP) is 2.03. The van der Waals surface area contributed by atoms with Gasteiger partial charge in [0.1, 0.15) is 5.75 Å². The molecule has 2 amide bonds. The van der Waals surface area contributed by atoms with Crippen LogP contribution in [0.1, 0.15) is 36.8 Å². The topological polar surface area (TPSA) is 49.9 Å². The molecule has 134 valence electrons. The van der Waals surface area contributed by atoms with Crippen LogP contribution in [0, 0.1) is 5.92 Å². The van der Waals surface area contributed by atoms with E-state index in [9.17, 15) is 9.59 Å². The van der Waals surface area contributed by atoms with Crippen LogP contribution in [0.4, 0.5) is 0 Å². The molecule has 5 heteroatoms. The van der Waals surface area contributed by atoms with Crippen LogP contribution in [0.5, 0.6) is 5.75 Å². The Hall–Kier alpha value is -2.04. The molecule has 0 aromatic heterocycles. The summed E-state index contributed by atoms with van der Waals surface area (Å²) >= 11 is 0. The molecule has 3 heterocycles. The lowest BCUT2D eigenvalue weighted by Crippen LogP contribution is -2.44. The minimum Gasteiger partial charge on any atom is -0.493 e. The highest BCUT2D eigenvalue weighted by atomic mass is 16.5. The summed E-state index contributed by atoms with van der Waals surface area (Å²) in [4.78, 5) is 29.0. The summed E-state index contributed by atoms with van der Waals surface area (Å²) in [5.41, 5.74) is 2.27. The number of hydrogen-bond acceptors (Lipinski definition) is 3. The second-order valence-corrected chi connectivity index (χ2v) is 7.40. The molecule has 0 aliphatic carbocycles. The van der Waals surface area contributed by atoms with E-state index in [1.807, 2.05) is 21.9 Å². The molecule has 1 aromatic carbocycles. The fraction of sp³-hybridized carbons (Fsp3) is 0.600. The van der Waals surface area contributed by atoms with Crippen LogP contribution in [-0.4, -0.2) is 54.4 Å². The summed E-state index contributed by atoms with van der Waals surface area (Å²) < 4.78 is 5.52.